The molecular formula is C13H18ClN3O2. The third-order valence-electron chi connectivity index (χ3n) is 3.43. The maximum atomic E-state index is 12.5. The second kappa shape index (κ2) is 5.35. The summed E-state index contributed by atoms with van der Waals surface area (Å²) >= 11 is 6.11. The largest absolute Gasteiger partial charge is 0.336 e. The highest BCUT2D eigenvalue weighted by atomic mass is 35.5. The minimum Gasteiger partial charge on any atom is -0.336 e. The number of hydrogen-bond acceptors (Lipinski definition) is 3. The zero-order valence-electron chi connectivity index (χ0n) is 11.3. The number of aromatic nitrogens is 1. The fraction of sp³-hybridized carbons (Fsp3) is 0.538. The Labute approximate surface area is 117 Å². The van der Waals surface area contributed by atoms with E-state index in [0.29, 0.717) is 29.4 Å². The normalized spacial score (nSPS) is 19.6. The van der Waals surface area contributed by atoms with E-state index >= 15 is 0 Å². The number of aryl methyl sites for hydroxylation is 1. The molecule has 1 aliphatic rings. The molecule has 2 N–H and O–H groups in total. The van der Waals surface area contributed by atoms with Gasteiger partial charge in [-0.3, -0.25) is 9.59 Å². The van der Waals surface area contributed by atoms with Gasteiger partial charge in [0, 0.05) is 31.4 Å². The summed E-state index contributed by atoms with van der Waals surface area (Å²) < 4.78 is 0. The Morgan fingerprint density at radius 1 is 1.42 bits per heavy atom. The number of piperazine rings is 1. The van der Waals surface area contributed by atoms with Crippen molar-refractivity contribution >= 4 is 17.5 Å². The van der Waals surface area contributed by atoms with Crippen LogP contribution >= 0.6 is 11.6 Å². The first kappa shape index (κ1) is 14.1. The molecule has 1 fully saturated rings. The smallest absolute Gasteiger partial charge is 0.261 e. The number of nitrogens with zero attached hydrogens (tertiary/aromatic N) is 1. The number of amides is 1. The molecule has 2 rings (SSSR count). The molecule has 0 aliphatic carbocycles. The van der Waals surface area contributed by atoms with Crippen LogP contribution in [0.25, 0.3) is 0 Å². The van der Waals surface area contributed by atoms with Crippen LogP contribution in [0, 0.1) is 13.8 Å². The molecule has 0 unspecified atom stereocenters. The van der Waals surface area contributed by atoms with Crippen molar-refractivity contribution in [3.8, 4) is 0 Å². The molecule has 1 amide bonds. The average Bonchev–Trinajstić information content (AvgIpc) is 2.36. The summed E-state index contributed by atoms with van der Waals surface area (Å²) in [5.74, 6) is -0.242. The topological polar surface area (TPSA) is 65.2 Å². The summed E-state index contributed by atoms with van der Waals surface area (Å²) in [5, 5.41) is 3.71. The fourth-order valence-corrected chi connectivity index (χ4v) is 2.52. The molecule has 0 aromatic carbocycles. The quantitative estimate of drug-likeness (QED) is 0.811. The van der Waals surface area contributed by atoms with Crippen molar-refractivity contribution < 1.29 is 4.79 Å². The highest BCUT2D eigenvalue weighted by Gasteiger charge is 2.26. The lowest BCUT2D eigenvalue weighted by Crippen LogP contribution is -2.52. The van der Waals surface area contributed by atoms with Gasteiger partial charge in [0.05, 0.1) is 5.02 Å². The van der Waals surface area contributed by atoms with E-state index in [1.54, 1.807) is 18.7 Å². The summed E-state index contributed by atoms with van der Waals surface area (Å²) in [4.78, 5) is 28.8. The molecule has 0 bridgehead atoms. The van der Waals surface area contributed by atoms with Gasteiger partial charge in [-0.1, -0.05) is 11.6 Å². The molecule has 1 aromatic rings. The lowest BCUT2D eigenvalue weighted by atomic mass is 10.1. The average molecular weight is 284 g/mol. The zero-order chi connectivity index (χ0) is 14.2. The number of nitrogens with one attached hydrogen (secondary N) is 2. The van der Waals surface area contributed by atoms with Gasteiger partial charge in [-0.15, -0.1) is 0 Å². The van der Waals surface area contributed by atoms with E-state index in [0.717, 1.165) is 6.54 Å². The van der Waals surface area contributed by atoms with E-state index in [1.165, 1.54) is 0 Å². The Hall–Kier alpha value is -1.33. The number of pyridine rings is 1. The molecule has 104 valence electrons. The third-order valence-corrected chi connectivity index (χ3v) is 4.00. The van der Waals surface area contributed by atoms with Gasteiger partial charge in [0.2, 0.25) is 0 Å². The van der Waals surface area contributed by atoms with Crippen molar-refractivity contribution in [2.45, 2.75) is 26.8 Å². The van der Waals surface area contributed by atoms with Crippen LogP contribution in [0.2, 0.25) is 5.02 Å². The predicted molar refractivity (Wildman–Crippen MR) is 74.9 cm³/mol. The monoisotopic (exact) mass is 283 g/mol. The zero-order valence-corrected chi connectivity index (χ0v) is 12.1. The van der Waals surface area contributed by atoms with Gasteiger partial charge in [-0.05, 0) is 26.3 Å². The first-order chi connectivity index (χ1) is 8.91. The van der Waals surface area contributed by atoms with Crippen LogP contribution in [0.15, 0.2) is 4.79 Å². The summed E-state index contributed by atoms with van der Waals surface area (Å²) in [5.41, 5.74) is 0.939. The van der Waals surface area contributed by atoms with E-state index < -0.39 is 0 Å². The number of aromatic amines is 1. The van der Waals surface area contributed by atoms with Gasteiger partial charge in [-0.25, -0.2) is 0 Å². The third kappa shape index (κ3) is 2.67. The molecule has 1 atom stereocenters. The number of rotatable bonds is 1. The molecule has 19 heavy (non-hydrogen) atoms. The molecule has 0 radical (unpaired) electrons. The number of H-pyrrole nitrogens is 1. The molecule has 5 nitrogen and oxygen atoms in total. The van der Waals surface area contributed by atoms with Gasteiger partial charge in [0.1, 0.15) is 5.56 Å². The van der Waals surface area contributed by atoms with E-state index in [1.807, 2.05) is 6.92 Å². The van der Waals surface area contributed by atoms with Gasteiger partial charge in [0.25, 0.3) is 11.5 Å². The van der Waals surface area contributed by atoms with Gasteiger partial charge < -0.3 is 15.2 Å². The van der Waals surface area contributed by atoms with Crippen LogP contribution in [0.3, 0.4) is 0 Å². The minimum atomic E-state index is -0.365. The van der Waals surface area contributed by atoms with Gasteiger partial charge in [0.15, 0.2) is 0 Å². The highest BCUT2D eigenvalue weighted by Crippen LogP contribution is 2.20. The lowest BCUT2D eigenvalue weighted by Gasteiger charge is -2.32. The molecule has 1 aromatic heterocycles. The van der Waals surface area contributed by atoms with Crippen molar-refractivity contribution in [3.63, 3.8) is 0 Å². The van der Waals surface area contributed by atoms with E-state index in [4.69, 9.17) is 11.6 Å². The molecule has 1 aliphatic heterocycles. The maximum absolute atomic E-state index is 12.5. The van der Waals surface area contributed by atoms with Crippen molar-refractivity contribution in [1.29, 1.82) is 0 Å². The fourth-order valence-electron chi connectivity index (χ4n) is 2.38. The SMILES string of the molecule is Cc1[nH]c(=O)c(C(=O)N2CCN[C@H](C)C2)c(C)c1Cl. The van der Waals surface area contributed by atoms with Crippen molar-refractivity contribution in [2.75, 3.05) is 19.6 Å². The lowest BCUT2D eigenvalue weighted by molar-refractivity contribution is 0.0706. The Balaban J connectivity index is 2.39. The molecule has 1 saturated heterocycles. The minimum absolute atomic E-state index is 0.157. The van der Waals surface area contributed by atoms with Crippen LogP contribution in [-0.4, -0.2) is 41.5 Å². The number of carbonyl (C=O) groups is 1. The van der Waals surface area contributed by atoms with Crippen LogP contribution in [0.4, 0.5) is 0 Å². The summed E-state index contributed by atoms with van der Waals surface area (Å²) in [6, 6.07) is 0.234. The van der Waals surface area contributed by atoms with Crippen molar-refractivity contribution in [1.82, 2.24) is 15.2 Å². The Morgan fingerprint density at radius 2 is 2.11 bits per heavy atom. The van der Waals surface area contributed by atoms with Crippen LogP contribution in [0.5, 0.6) is 0 Å². The highest BCUT2D eigenvalue weighted by molar-refractivity contribution is 6.32. The summed E-state index contributed by atoms with van der Waals surface area (Å²) in [7, 11) is 0. The molecular weight excluding hydrogens is 266 g/mol. The van der Waals surface area contributed by atoms with Crippen LogP contribution in [-0.2, 0) is 0 Å². The molecule has 0 saturated carbocycles. The number of hydrogen-bond donors (Lipinski definition) is 2. The number of carbonyl (C=O) groups excluding carboxylic acids is 1. The number of halogens is 1. The van der Waals surface area contributed by atoms with Crippen LogP contribution in [0.1, 0.15) is 28.5 Å². The van der Waals surface area contributed by atoms with Gasteiger partial charge >= 0.3 is 0 Å². The van der Waals surface area contributed by atoms with E-state index in [-0.39, 0.29) is 23.1 Å². The summed E-state index contributed by atoms with van der Waals surface area (Å²) in [6.07, 6.45) is 0. The predicted octanol–water partition coefficient (Wildman–Crippen LogP) is 1.08. The second-order valence-electron chi connectivity index (χ2n) is 5.00. The van der Waals surface area contributed by atoms with Crippen LogP contribution < -0.4 is 10.9 Å². The van der Waals surface area contributed by atoms with E-state index in [2.05, 4.69) is 10.3 Å². The Kier molecular flexibility index (Phi) is 3.96. The second-order valence-corrected chi connectivity index (χ2v) is 5.38. The first-order valence-electron chi connectivity index (χ1n) is 6.33. The van der Waals surface area contributed by atoms with Crippen molar-refractivity contribution in [3.05, 3.63) is 32.2 Å². The first-order valence-corrected chi connectivity index (χ1v) is 6.71. The Morgan fingerprint density at radius 3 is 2.74 bits per heavy atom. The van der Waals surface area contributed by atoms with Gasteiger partial charge in [-0.2, -0.15) is 0 Å². The van der Waals surface area contributed by atoms with E-state index in [9.17, 15) is 9.59 Å². The van der Waals surface area contributed by atoms with Crippen molar-refractivity contribution in [2.24, 2.45) is 0 Å². The molecule has 6 heteroatoms. The molecule has 2 heterocycles. The molecule has 0 spiro atoms. The maximum Gasteiger partial charge on any atom is 0.261 e. The standard InChI is InChI=1S/C13H18ClN3O2/c1-7-6-17(5-4-15-7)13(19)10-8(2)11(14)9(3)16-12(10)18/h7,15H,4-6H2,1-3H3,(H,16,18)/t7-/m1/s1. The Bertz CT molecular complexity index is 568. The summed E-state index contributed by atoms with van der Waals surface area (Å²) in [6.45, 7) is 7.39.